The number of hydrogen-bond acceptors (Lipinski definition) is 5. The molecule has 0 aromatic heterocycles. The molecule has 2 aromatic carbocycles. The van der Waals surface area contributed by atoms with Gasteiger partial charge in [0.1, 0.15) is 17.4 Å². The van der Waals surface area contributed by atoms with Crippen LogP contribution in [0.5, 0.6) is 5.75 Å². The highest BCUT2D eigenvalue weighted by Crippen LogP contribution is 2.15. The van der Waals surface area contributed by atoms with Crippen LogP contribution >= 0.6 is 0 Å². The average molecular weight is 399 g/mol. The summed E-state index contributed by atoms with van der Waals surface area (Å²) >= 11 is 0. The molecule has 0 unspecified atom stereocenters. The third-order valence-corrected chi connectivity index (χ3v) is 4.04. The minimum Gasteiger partial charge on any atom is -0.493 e. The summed E-state index contributed by atoms with van der Waals surface area (Å²) in [6, 6.07) is 16.7. The lowest BCUT2D eigenvalue weighted by molar-refractivity contribution is -0.143. The van der Waals surface area contributed by atoms with Crippen LogP contribution in [0.25, 0.3) is 0 Å². The molecule has 0 aliphatic rings. The fourth-order valence-corrected chi connectivity index (χ4v) is 2.67. The Morgan fingerprint density at radius 3 is 2.21 bits per heavy atom. The molecule has 0 heterocycles. The Labute approximate surface area is 172 Å². The van der Waals surface area contributed by atoms with Crippen molar-refractivity contribution in [3.05, 3.63) is 65.7 Å². The second-order valence-corrected chi connectivity index (χ2v) is 7.65. The van der Waals surface area contributed by atoms with Crippen LogP contribution in [0.15, 0.2) is 54.6 Å². The molecule has 0 bridgehead atoms. The van der Waals surface area contributed by atoms with Gasteiger partial charge in [-0.05, 0) is 44.0 Å². The summed E-state index contributed by atoms with van der Waals surface area (Å²) in [4.78, 5) is 24.1. The maximum absolute atomic E-state index is 12.0. The summed E-state index contributed by atoms with van der Waals surface area (Å²) in [5.41, 5.74) is 1.44. The number of rotatable bonds is 8. The molecule has 0 radical (unpaired) electrons. The van der Waals surface area contributed by atoms with E-state index in [1.165, 1.54) is 12.7 Å². The molecule has 0 saturated carbocycles. The SMILES string of the molecule is COC(=O)[C@H](Cc1ccc(OCCc2ccccc2)cc1)NC(=O)OC(C)(C)C. The van der Waals surface area contributed by atoms with Gasteiger partial charge in [-0.3, -0.25) is 0 Å². The second-order valence-electron chi connectivity index (χ2n) is 7.65. The minimum atomic E-state index is -0.834. The summed E-state index contributed by atoms with van der Waals surface area (Å²) in [5.74, 6) is 0.221. The Bertz CT molecular complexity index is 781. The largest absolute Gasteiger partial charge is 0.493 e. The van der Waals surface area contributed by atoms with Crippen molar-refractivity contribution in [2.75, 3.05) is 13.7 Å². The van der Waals surface area contributed by atoms with Crippen molar-refractivity contribution in [3.63, 3.8) is 0 Å². The quantitative estimate of drug-likeness (QED) is 0.681. The van der Waals surface area contributed by atoms with E-state index in [-0.39, 0.29) is 6.42 Å². The fourth-order valence-electron chi connectivity index (χ4n) is 2.67. The van der Waals surface area contributed by atoms with Crippen LogP contribution in [0.1, 0.15) is 31.9 Å². The third-order valence-electron chi connectivity index (χ3n) is 4.04. The zero-order valence-corrected chi connectivity index (χ0v) is 17.4. The fraction of sp³-hybridized carbons (Fsp3) is 0.391. The first kappa shape index (κ1) is 22.3. The summed E-state index contributed by atoms with van der Waals surface area (Å²) in [6.45, 7) is 5.86. The molecule has 6 heteroatoms. The molecule has 0 saturated heterocycles. The number of hydrogen-bond donors (Lipinski definition) is 1. The van der Waals surface area contributed by atoms with Crippen molar-refractivity contribution in [3.8, 4) is 5.75 Å². The van der Waals surface area contributed by atoms with E-state index in [1.807, 2.05) is 42.5 Å². The zero-order valence-electron chi connectivity index (χ0n) is 17.4. The summed E-state index contributed by atoms with van der Waals surface area (Å²) in [7, 11) is 1.29. The van der Waals surface area contributed by atoms with Crippen molar-refractivity contribution in [1.29, 1.82) is 0 Å². The molecule has 0 fully saturated rings. The summed E-state index contributed by atoms with van der Waals surface area (Å²) in [5, 5.41) is 2.57. The van der Waals surface area contributed by atoms with Gasteiger partial charge in [0.15, 0.2) is 0 Å². The molecule has 1 amide bonds. The first-order chi connectivity index (χ1) is 13.8. The van der Waals surface area contributed by atoms with Crippen molar-refractivity contribution in [2.24, 2.45) is 0 Å². The third kappa shape index (κ3) is 8.25. The van der Waals surface area contributed by atoms with Gasteiger partial charge in [-0.1, -0.05) is 42.5 Å². The van der Waals surface area contributed by atoms with Gasteiger partial charge in [-0.15, -0.1) is 0 Å². The molecule has 2 aromatic rings. The van der Waals surface area contributed by atoms with Crippen LogP contribution in [0, 0.1) is 0 Å². The normalized spacial score (nSPS) is 12.0. The van der Waals surface area contributed by atoms with Gasteiger partial charge < -0.3 is 19.5 Å². The van der Waals surface area contributed by atoms with Gasteiger partial charge >= 0.3 is 12.1 Å². The molecule has 156 valence electrons. The van der Waals surface area contributed by atoms with Gasteiger partial charge in [0, 0.05) is 12.8 Å². The maximum Gasteiger partial charge on any atom is 0.408 e. The molecule has 29 heavy (non-hydrogen) atoms. The van der Waals surface area contributed by atoms with Crippen LogP contribution in [0.4, 0.5) is 4.79 Å². The Morgan fingerprint density at radius 2 is 1.62 bits per heavy atom. The first-order valence-corrected chi connectivity index (χ1v) is 9.60. The molecule has 0 spiro atoms. The van der Waals surface area contributed by atoms with Gasteiger partial charge in [0.2, 0.25) is 0 Å². The van der Waals surface area contributed by atoms with Gasteiger partial charge in [-0.2, -0.15) is 0 Å². The van der Waals surface area contributed by atoms with E-state index in [2.05, 4.69) is 17.4 Å². The van der Waals surface area contributed by atoms with Gasteiger partial charge in [0.05, 0.1) is 13.7 Å². The number of benzene rings is 2. The van der Waals surface area contributed by atoms with E-state index in [1.54, 1.807) is 20.8 Å². The first-order valence-electron chi connectivity index (χ1n) is 9.60. The van der Waals surface area contributed by atoms with Crippen molar-refractivity contribution in [1.82, 2.24) is 5.32 Å². The van der Waals surface area contributed by atoms with Crippen molar-refractivity contribution in [2.45, 2.75) is 45.3 Å². The zero-order chi connectivity index (χ0) is 21.3. The van der Waals surface area contributed by atoms with Gasteiger partial charge in [0.25, 0.3) is 0 Å². The highest BCUT2D eigenvalue weighted by molar-refractivity contribution is 5.81. The number of esters is 1. The summed E-state index contributed by atoms with van der Waals surface area (Å²) in [6.07, 6.45) is 0.456. The number of methoxy groups -OCH3 is 1. The van der Waals surface area contributed by atoms with Crippen molar-refractivity contribution >= 4 is 12.1 Å². The lowest BCUT2D eigenvalue weighted by atomic mass is 10.1. The highest BCUT2D eigenvalue weighted by Gasteiger charge is 2.25. The van der Waals surface area contributed by atoms with E-state index in [9.17, 15) is 9.59 Å². The van der Waals surface area contributed by atoms with E-state index in [0.29, 0.717) is 6.61 Å². The van der Waals surface area contributed by atoms with Crippen LogP contribution in [0.2, 0.25) is 0 Å². The Kier molecular flexibility index (Phi) is 8.07. The van der Waals surface area contributed by atoms with E-state index in [0.717, 1.165) is 17.7 Å². The van der Waals surface area contributed by atoms with Crippen LogP contribution in [-0.4, -0.2) is 37.4 Å². The number of carbonyl (C=O) groups is 2. The summed E-state index contributed by atoms with van der Waals surface area (Å²) < 4.78 is 15.8. The molecule has 6 nitrogen and oxygen atoms in total. The Hall–Kier alpha value is -3.02. The standard InChI is InChI=1S/C23H29NO5/c1-23(2,3)29-22(26)24-20(21(25)27-4)16-18-10-12-19(13-11-18)28-15-14-17-8-6-5-7-9-17/h5-13,20H,14-16H2,1-4H3,(H,24,26)/t20-/m0/s1. The highest BCUT2D eigenvalue weighted by atomic mass is 16.6. The topological polar surface area (TPSA) is 73.9 Å². The number of nitrogens with one attached hydrogen (secondary N) is 1. The van der Waals surface area contributed by atoms with Crippen LogP contribution < -0.4 is 10.1 Å². The average Bonchev–Trinajstić information content (AvgIpc) is 2.67. The molecular formula is C23H29NO5. The number of alkyl carbamates (subject to hydrolysis) is 1. The maximum atomic E-state index is 12.0. The van der Waals surface area contributed by atoms with E-state index in [4.69, 9.17) is 14.2 Å². The minimum absolute atomic E-state index is 0.288. The molecule has 1 N–H and O–H groups in total. The molecular weight excluding hydrogens is 370 g/mol. The van der Waals surface area contributed by atoms with E-state index < -0.39 is 23.7 Å². The lowest BCUT2D eigenvalue weighted by Crippen LogP contribution is -2.45. The Balaban J connectivity index is 1.90. The lowest BCUT2D eigenvalue weighted by Gasteiger charge is -2.22. The number of amides is 1. The Morgan fingerprint density at radius 1 is 0.966 bits per heavy atom. The molecule has 2 rings (SSSR count). The second kappa shape index (κ2) is 10.5. The molecule has 1 atom stereocenters. The molecule has 0 aliphatic heterocycles. The van der Waals surface area contributed by atoms with E-state index >= 15 is 0 Å². The number of carbonyl (C=O) groups excluding carboxylic acids is 2. The molecule has 0 aliphatic carbocycles. The van der Waals surface area contributed by atoms with Gasteiger partial charge in [-0.25, -0.2) is 9.59 Å². The predicted molar refractivity (Wildman–Crippen MR) is 111 cm³/mol. The predicted octanol–water partition coefficient (Wildman–Crippen LogP) is 3.92. The smallest absolute Gasteiger partial charge is 0.408 e. The number of ether oxygens (including phenoxy) is 3. The van der Waals surface area contributed by atoms with Crippen LogP contribution in [0.3, 0.4) is 0 Å². The monoisotopic (exact) mass is 399 g/mol. The van der Waals surface area contributed by atoms with Crippen molar-refractivity contribution < 1.29 is 23.8 Å². The van der Waals surface area contributed by atoms with Crippen LogP contribution in [-0.2, 0) is 27.1 Å².